The van der Waals surface area contributed by atoms with E-state index in [0.29, 0.717) is 23.1 Å². The number of Topliss-reactive ketones (excluding diaryl/α,β-unsaturated/α-hetero) is 1. The maximum atomic E-state index is 13.2. The minimum Gasteiger partial charge on any atom is -0.378 e. The molecule has 1 aliphatic heterocycles. The summed E-state index contributed by atoms with van der Waals surface area (Å²) in [4.78, 5) is 20.4. The number of anilines is 1. The second kappa shape index (κ2) is 8.23. The molecule has 1 atom stereocenters. The molecule has 7 heteroatoms. The molecule has 4 rings (SSSR count). The Morgan fingerprint density at radius 3 is 2.68 bits per heavy atom. The van der Waals surface area contributed by atoms with Crippen LogP contribution in [0.2, 0.25) is 0 Å². The Bertz CT molecular complexity index is 1010. The third kappa shape index (κ3) is 3.72. The number of aromatic nitrogens is 1. The van der Waals surface area contributed by atoms with E-state index >= 15 is 0 Å². The number of nitrogens with zero attached hydrogens (tertiary/aromatic N) is 3. The van der Waals surface area contributed by atoms with Crippen LogP contribution in [0.5, 0.6) is 0 Å². The molecular formula is C21H19N3O2S2. The van der Waals surface area contributed by atoms with Crippen LogP contribution >= 0.6 is 22.7 Å². The van der Waals surface area contributed by atoms with E-state index in [1.54, 1.807) is 0 Å². The molecule has 0 saturated carbocycles. The van der Waals surface area contributed by atoms with E-state index in [4.69, 9.17) is 4.74 Å². The first kappa shape index (κ1) is 18.8. The second-order valence-corrected chi connectivity index (χ2v) is 8.47. The number of carbonyl (C=O) groups is 1. The molecule has 2 aromatic heterocycles. The van der Waals surface area contributed by atoms with E-state index in [-0.39, 0.29) is 5.78 Å². The molecule has 0 bridgehead atoms. The van der Waals surface area contributed by atoms with Gasteiger partial charge in [0, 0.05) is 29.7 Å². The Hall–Kier alpha value is -2.53. The number of nitriles is 1. The van der Waals surface area contributed by atoms with Crippen molar-refractivity contribution in [2.45, 2.75) is 12.8 Å². The fraction of sp³-hybridized carbons (Fsp3) is 0.286. The molecule has 3 heterocycles. The lowest BCUT2D eigenvalue weighted by Gasteiger charge is -2.28. The zero-order valence-electron chi connectivity index (χ0n) is 15.4. The number of carbonyl (C=O) groups excluding carboxylic acids is 1. The largest absolute Gasteiger partial charge is 0.378 e. The lowest BCUT2D eigenvalue weighted by atomic mass is 10.0. The number of morpholine rings is 1. The van der Waals surface area contributed by atoms with Gasteiger partial charge in [-0.3, -0.25) is 4.79 Å². The van der Waals surface area contributed by atoms with E-state index in [1.165, 1.54) is 22.7 Å². The maximum absolute atomic E-state index is 13.2. The zero-order valence-corrected chi connectivity index (χ0v) is 17.1. The molecule has 5 nitrogen and oxygen atoms in total. The quantitative estimate of drug-likeness (QED) is 0.580. The van der Waals surface area contributed by atoms with Crippen molar-refractivity contribution < 1.29 is 9.53 Å². The molecule has 28 heavy (non-hydrogen) atoms. The number of hydrogen-bond acceptors (Lipinski definition) is 7. The highest BCUT2D eigenvalue weighted by Crippen LogP contribution is 2.41. The van der Waals surface area contributed by atoms with Crippen molar-refractivity contribution >= 4 is 33.5 Å². The molecule has 0 N–H and O–H groups in total. The number of thiazole rings is 1. The van der Waals surface area contributed by atoms with Gasteiger partial charge in [0.2, 0.25) is 0 Å². The molecule has 1 fully saturated rings. The molecule has 1 aromatic carbocycles. The minimum absolute atomic E-state index is 0.182. The zero-order chi connectivity index (χ0) is 19.5. The molecule has 0 radical (unpaired) electrons. The number of hydrogen-bond donors (Lipinski definition) is 0. The summed E-state index contributed by atoms with van der Waals surface area (Å²) in [5.74, 6) is -1.04. The Kier molecular flexibility index (Phi) is 5.53. The van der Waals surface area contributed by atoms with E-state index in [0.717, 1.165) is 34.9 Å². The van der Waals surface area contributed by atoms with Crippen molar-refractivity contribution in [1.82, 2.24) is 4.98 Å². The summed E-state index contributed by atoms with van der Waals surface area (Å²) in [6, 6.07) is 14.1. The van der Waals surface area contributed by atoms with Crippen molar-refractivity contribution in [1.29, 1.82) is 5.26 Å². The first-order chi connectivity index (χ1) is 13.7. The number of ketones is 1. The van der Waals surface area contributed by atoms with Crippen LogP contribution < -0.4 is 4.90 Å². The summed E-state index contributed by atoms with van der Waals surface area (Å²) in [6.07, 6.45) is 0. The third-order valence-electron chi connectivity index (χ3n) is 4.61. The molecule has 142 valence electrons. The number of thiophene rings is 1. The van der Waals surface area contributed by atoms with Gasteiger partial charge >= 0.3 is 0 Å². The number of ether oxygens (including phenoxy) is 1. The minimum atomic E-state index is -0.862. The van der Waals surface area contributed by atoms with Gasteiger partial charge in [0.05, 0.1) is 29.2 Å². The smallest absolute Gasteiger partial charge is 0.196 e. The highest BCUT2D eigenvalue weighted by molar-refractivity contribution is 7.18. The predicted octanol–water partition coefficient (Wildman–Crippen LogP) is 4.51. The van der Waals surface area contributed by atoms with Gasteiger partial charge in [0.1, 0.15) is 5.01 Å². The van der Waals surface area contributed by atoms with Crippen LogP contribution in [0.25, 0.3) is 11.1 Å². The summed E-state index contributed by atoms with van der Waals surface area (Å²) < 4.78 is 5.48. The molecular weight excluding hydrogens is 390 g/mol. The molecule has 0 aliphatic carbocycles. The monoisotopic (exact) mass is 409 g/mol. The summed E-state index contributed by atoms with van der Waals surface area (Å²) in [6.45, 7) is 4.81. The third-order valence-corrected chi connectivity index (χ3v) is 6.85. The SMILES string of the molecule is Cc1csc(C(C#N)C(=O)c2cc(-c3ccccc3)c(N3CCOCC3)s2)n1. The first-order valence-electron chi connectivity index (χ1n) is 9.05. The molecule has 0 amide bonds. The van der Waals surface area contributed by atoms with Crippen LogP contribution in [-0.2, 0) is 4.74 Å². The number of benzene rings is 1. The van der Waals surface area contributed by atoms with E-state index in [9.17, 15) is 10.1 Å². The lowest BCUT2D eigenvalue weighted by Crippen LogP contribution is -2.35. The van der Waals surface area contributed by atoms with Gasteiger partial charge in [-0.15, -0.1) is 22.7 Å². The second-order valence-electron chi connectivity index (χ2n) is 6.55. The van der Waals surface area contributed by atoms with Gasteiger partial charge in [-0.25, -0.2) is 4.98 Å². The Morgan fingerprint density at radius 1 is 1.29 bits per heavy atom. The van der Waals surface area contributed by atoms with Crippen LogP contribution in [0.15, 0.2) is 41.8 Å². The van der Waals surface area contributed by atoms with Crippen molar-refractivity contribution in [3.05, 3.63) is 57.4 Å². The lowest BCUT2D eigenvalue weighted by molar-refractivity contribution is 0.0982. The Labute approximate surface area is 171 Å². The highest BCUT2D eigenvalue weighted by Gasteiger charge is 2.29. The van der Waals surface area contributed by atoms with Crippen LogP contribution in [0.4, 0.5) is 5.00 Å². The fourth-order valence-electron chi connectivity index (χ4n) is 3.20. The van der Waals surface area contributed by atoms with Crippen molar-refractivity contribution in [3.63, 3.8) is 0 Å². The van der Waals surface area contributed by atoms with Crippen LogP contribution in [-0.4, -0.2) is 37.1 Å². The van der Waals surface area contributed by atoms with Crippen LogP contribution in [0.1, 0.15) is 26.3 Å². The van der Waals surface area contributed by atoms with E-state index in [2.05, 4.69) is 16.0 Å². The van der Waals surface area contributed by atoms with Gasteiger partial charge in [0.25, 0.3) is 0 Å². The normalized spacial score (nSPS) is 15.2. The van der Waals surface area contributed by atoms with E-state index in [1.807, 2.05) is 48.7 Å². The maximum Gasteiger partial charge on any atom is 0.196 e. The van der Waals surface area contributed by atoms with Crippen molar-refractivity contribution in [3.8, 4) is 17.2 Å². The van der Waals surface area contributed by atoms with Crippen molar-refractivity contribution in [2.24, 2.45) is 0 Å². The molecule has 1 saturated heterocycles. The molecule has 1 unspecified atom stereocenters. The Morgan fingerprint density at radius 2 is 2.04 bits per heavy atom. The summed E-state index contributed by atoms with van der Waals surface area (Å²) >= 11 is 2.82. The predicted molar refractivity (Wildman–Crippen MR) is 112 cm³/mol. The Balaban J connectivity index is 1.74. The summed E-state index contributed by atoms with van der Waals surface area (Å²) in [7, 11) is 0. The van der Waals surface area contributed by atoms with Gasteiger partial charge in [-0.1, -0.05) is 30.3 Å². The number of aryl methyl sites for hydroxylation is 1. The van der Waals surface area contributed by atoms with Gasteiger partial charge < -0.3 is 9.64 Å². The molecule has 0 spiro atoms. The van der Waals surface area contributed by atoms with Crippen LogP contribution in [0.3, 0.4) is 0 Å². The summed E-state index contributed by atoms with van der Waals surface area (Å²) in [5.41, 5.74) is 2.93. The van der Waals surface area contributed by atoms with E-state index < -0.39 is 5.92 Å². The standard InChI is InChI=1S/C21H19N3O2S2/c1-14-13-27-20(23-14)17(12-22)19(25)18-11-16(15-5-3-2-4-6-15)21(28-18)24-7-9-26-10-8-24/h2-6,11,13,17H,7-10H2,1H3. The average Bonchev–Trinajstić information content (AvgIpc) is 3.37. The van der Waals surface area contributed by atoms with Gasteiger partial charge in [-0.05, 0) is 18.6 Å². The molecule has 3 aromatic rings. The van der Waals surface area contributed by atoms with Crippen LogP contribution in [0, 0.1) is 18.3 Å². The molecule has 1 aliphatic rings. The van der Waals surface area contributed by atoms with Gasteiger partial charge in [0.15, 0.2) is 11.7 Å². The number of rotatable bonds is 5. The van der Waals surface area contributed by atoms with Crippen molar-refractivity contribution in [2.75, 3.05) is 31.2 Å². The van der Waals surface area contributed by atoms with Gasteiger partial charge in [-0.2, -0.15) is 5.26 Å². The topological polar surface area (TPSA) is 66.2 Å². The summed E-state index contributed by atoms with van der Waals surface area (Å²) in [5, 5.41) is 13.1. The highest BCUT2D eigenvalue weighted by atomic mass is 32.1. The first-order valence-corrected chi connectivity index (χ1v) is 10.7. The average molecular weight is 410 g/mol. The fourth-order valence-corrected chi connectivity index (χ4v) is 5.24.